The van der Waals surface area contributed by atoms with Crippen molar-refractivity contribution in [3.8, 4) is 17.2 Å². The lowest BCUT2D eigenvalue weighted by molar-refractivity contribution is -0.115. The lowest BCUT2D eigenvalue weighted by Crippen LogP contribution is -2.22. The largest absolute Gasteiger partial charge is 0.493 e. The Kier molecular flexibility index (Phi) is 7.88. The van der Waals surface area contributed by atoms with Crippen molar-refractivity contribution in [2.75, 3.05) is 19.8 Å². The molecule has 0 aliphatic carbocycles. The van der Waals surface area contributed by atoms with E-state index in [2.05, 4.69) is 10.6 Å². The van der Waals surface area contributed by atoms with E-state index in [1.54, 1.807) is 12.1 Å². The zero-order valence-electron chi connectivity index (χ0n) is 18.0. The first-order valence-electron chi connectivity index (χ1n) is 10.1. The van der Waals surface area contributed by atoms with Crippen LogP contribution in [0.15, 0.2) is 30.0 Å². The molecule has 1 aliphatic heterocycles. The molecule has 0 aromatic heterocycles. The van der Waals surface area contributed by atoms with Crippen LogP contribution in [-0.2, 0) is 4.79 Å². The van der Waals surface area contributed by atoms with E-state index in [1.807, 2.05) is 32.9 Å². The van der Waals surface area contributed by atoms with Crippen LogP contribution in [0.3, 0.4) is 0 Å². The zero-order chi connectivity index (χ0) is 23.3. The lowest BCUT2D eigenvalue weighted by Gasteiger charge is -2.15. The van der Waals surface area contributed by atoms with Gasteiger partial charge in [0.2, 0.25) is 0 Å². The second kappa shape index (κ2) is 10.6. The van der Waals surface area contributed by atoms with Crippen molar-refractivity contribution in [1.29, 1.82) is 0 Å². The number of hydrogen-bond donors (Lipinski definition) is 2. The molecular formula is C23H24Cl2N2O5. The summed E-state index contributed by atoms with van der Waals surface area (Å²) in [6, 6.07) is 6.58. The van der Waals surface area contributed by atoms with Gasteiger partial charge in [0.05, 0.1) is 24.8 Å². The minimum atomic E-state index is -0.566. The molecule has 3 amide bonds. The summed E-state index contributed by atoms with van der Waals surface area (Å²) >= 11 is 12.6. The van der Waals surface area contributed by atoms with E-state index >= 15 is 0 Å². The van der Waals surface area contributed by atoms with Crippen LogP contribution < -0.4 is 24.8 Å². The van der Waals surface area contributed by atoms with Gasteiger partial charge in [-0.3, -0.25) is 10.1 Å². The SMILES string of the molecule is CCOc1cc(/C=C2\NC(=O)NC2=O)cc(Cl)c1OCCCOc1cc(C)c(Cl)c(C)c1. The number of benzene rings is 2. The molecule has 2 aromatic rings. The number of ether oxygens (including phenoxy) is 3. The van der Waals surface area contributed by atoms with E-state index in [9.17, 15) is 9.59 Å². The standard InChI is InChI=1S/C23H24Cl2N2O5/c1-4-30-19-12-15(11-18-22(28)27-23(29)26-18)10-17(24)21(19)32-7-5-6-31-16-8-13(2)20(25)14(3)9-16/h8-12H,4-7H2,1-3H3,(H2,26,27,28,29)/b18-11-. The van der Waals surface area contributed by atoms with Gasteiger partial charge in [0.25, 0.3) is 5.91 Å². The number of carbonyl (C=O) groups is 2. The van der Waals surface area contributed by atoms with Crippen molar-refractivity contribution in [2.45, 2.75) is 27.2 Å². The van der Waals surface area contributed by atoms with E-state index in [-0.39, 0.29) is 5.70 Å². The van der Waals surface area contributed by atoms with Crippen molar-refractivity contribution in [3.05, 3.63) is 56.7 Å². The van der Waals surface area contributed by atoms with Crippen molar-refractivity contribution < 1.29 is 23.8 Å². The van der Waals surface area contributed by atoms with Gasteiger partial charge in [-0.1, -0.05) is 23.2 Å². The highest BCUT2D eigenvalue weighted by Crippen LogP contribution is 2.37. The van der Waals surface area contributed by atoms with Crippen LogP contribution >= 0.6 is 23.2 Å². The summed E-state index contributed by atoms with van der Waals surface area (Å²) < 4.78 is 17.3. The van der Waals surface area contributed by atoms with E-state index in [0.717, 1.165) is 21.9 Å². The molecule has 2 aromatic carbocycles. The highest BCUT2D eigenvalue weighted by Gasteiger charge is 2.23. The van der Waals surface area contributed by atoms with Gasteiger partial charge in [0.1, 0.15) is 11.4 Å². The third-order valence-electron chi connectivity index (χ3n) is 4.58. The Balaban J connectivity index is 1.62. The first-order valence-corrected chi connectivity index (χ1v) is 10.9. The molecule has 0 bridgehead atoms. The van der Waals surface area contributed by atoms with Gasteiger partial charge in [-0.05, 0) is 67.8 Å². The predicted octanol–water partition coefficient (Wildman–Crippen LogP) is 5.04. The van der Waals surface area contributed by atoms with Gasteiger partial charge >= 0.3 is 6.03 Å². The summed E-state index contributed by atoms with van der Waals surface area (Å²) in [5.41, 5.74) is 2.66. The van der Waals surface area contributed by atoms with Crippen LogP contribution in [0.4, 0.5) is 4.79 Å². The quantitative estimate of drug-likeness (QED) is 0.299. The Bertz CT molecular complexity index is 1050. The molecule has 170 valence electrons. The van der Waals surface area contributed by atoms with Crippen LogP contribution in [0.5, 0.6) is 17.2 Å². The molecule has 1 aliphatic rings. The summed E-state index contributed by atoms with van der Waals surface area (Å²) in [6.45, 7) is 6.95. The molecule has 9 heteroatoms. The van der Waals surface area contributed by atoms with Crippen LogP contribution in [0.2, 0.25) is 10.0 Å². The molecule has 3 rings (SSSR count). The fourth-order valence-corrected chi connectivity index (χ4v) is 3.52. The Morgan fingerprint density at radius 1 is 0.938 bits per heavy atom. The average Bonchev–Trinajstić information content (AvgIpc) is 3.04. The number of halogens is 2. The van der Waals surface area contributed by atoms with Gasteiger partial charge in [0, 0.05) is 11.4 Å². The maximum Gasteiger partial charge on any atom is 0.326 e. The molecule has 1 saturated heterocycles. The molecule has 7 nitrogen and oxygen atoms in total. The number of urea groups is 1. The second-order valence-electron chi connectivity index (χ2n) is 7.15. The molecule has 1 fully saturated rings. The number of carbonyl (C=O) groups excluding carboxylic acids is 2. The van der Waals surface area contributed by atoms with Gasteiger partial charge in [-0.25, -0.2) is 4.79 Å². The Morgan fingerprint density at radius 3 is 2.25 bits per heavy atom. The van der Waals surface area contributed by atoms with Crippen LogP contribution in [0.25, 0.3) is 6.08 Å². The number of nitrogens with one attached hydrogen (secondary N) is 2. The summed E-state index contributed by atoms with van der Waals surface area (Å²) in [7, 11) is 0. The molecule has 32 heavy (non-hydrogen) atoms. The maximum absolute atomic E-state index is 11.7. The smallest absolute Gasteiger partial charge is 0.326 e. The van der Waals surface area contributed by atoms with Gasteiger partial charge < -0.3 is 19.5 Å². The zero-order valence-corrected chi connectivity index (χ0v) is 19.5. The van der Waals surface area contributed by atoms with Crippen LogP contribution in [-0.4, -0.2) is 31.8 Å². The van der Waals surface area contributed by atoms with E-state index in [0.29, 0.717) is 48.3 Å². The molecule has 0 radical (unpaired) electrons. The lowest BCUT2D eigenvalue weighted by atomic mass is 10.1. The number of imide groups is 1. The monoisotopic (exact) mass is 478 g/mol. The summed E-state index contributed by atoms with van der Waals surface area (Å²) in [5.74, 6) is 1.11. The number of amides is 3. The topological polar surface area (TPSA) is 85.9 Å². The van der Waals surface area contributed by atoms with E-state index in [1.165, 1.54) is 6.08 Å². The third-order valence-corrected chi connectivity index (χ3v) is 5.45. The minimum absolute atomic E-state index is 0.131. The molecule has 0 atom stereocenters. The third kappa shape index (κ3) is 5.87. The van der Waals surface area contributed by atoms with Crippen molar-refractivity contribution in [2.24, 2.45) is 0 Å². The molecule has 0 unspecified atom stereocenters. The predicted molar refractivity (Wildman–Crippen MR) is 124 cm³/mol. The summed E-state index contributed by atoms with van der Waals surface area (Å²) in [5, 5.41) is 5.66. The highest BCUT2D eigenvalue weighted by molar-refractivity contribution is 6.32. The van der Waals surface area contributed by atoms with Crippen molar-refractivity contribution in [3.63, 3.8) is 0 Å². The minimum Gasteiger partial charge on any atom is -0.493 e. The number of aryl methyl sites for hydroxylation is 2. The van der Waals surface area contributed by atoms with E-state index in [4.69, 9.17) is 37.4 Å². The molecule has 0 saturated carbocycles. The normalized spacial score (nSPS) is 14.3. The number of hydrogen-bond acceptors (Lipinski definition) is 5. The van der Waals surface area contributed by atoms with Gasteiger partial charge in [-0.15, -0.1) is 0 Å². The fourth-order valence-electron chi connectivity index (χ4n) is 3.14. The Hall–Kier alpha value is -2.90. The van der Waals surface area contributed by atoms with Crippen molar-refractivity contribution in [1.82, 2.24) is 10.6 Å². The van der Waals surface area contributed by atoms with Gasteiger partial charge in [0.15, 0.2) is 11.5 Å². The molecule has 0 spiro atoms. The maximum atomic E-state index is 11.7. The van der Waals surface area contributed by atoms with Crippen molar-refractivity contribution >= 4 is 41.2 Å². The molecule has 2 N–H and O–H groups in total. The Labute approximate surface area is 196 Å². The Morgan fingerprint density at radius 2 is 1.62 bits per heavy atom. The van der Waals surface area contributed by atoms with Gasteiger partial charge in [-0.2, -0.15) is 0 Å². The average molecular weight is 479 g/mol. The summed E-state index contributed by atoms with van der Waals surface area (Å²) in [6.07, 6.45) is 2.14. The molecular weight excluding hydrogens is 455 g/mol. The summed E-state index contributed by atoms with van der Waals surface area (Å²) in [4.78, 5) is 23.0. The first kappa shape index (κ1) is 23.8. The number of rotatable bonds is 9. The van der Waals surface area contributed by atoms with Crippen LogP contribution in [0.1, 0.15) is 30.0 Å². The highest BCUT2D eigenvalue weighted by atomic mass is 35.5. The van der Waals surface area contributed by atoms with Crippen LogP contribution in [0, 0.1) is 13.8 Å². The first-order chi connectivity index (χ1) is 15.3. The molecule has 1 heterocycles. The fraction of sp³-hybridized carbons (Fsp3) is 0.304. The second-order valence-corrected chi connectivity index (χ2v) is 7.94. The van der Waals surface area contributed by atoms with E-state index < -0.39 is 11.9 Å².